The Morgan fingerprint density at radius 3 is 0.986 bits per heavy atom. The van der Waals surface area contributed by atoms with Crippen LogP contribution in [0, 0.1) is 13.8 Å². The first kappa shape index (κ1) is 110. The summed E-state index contributed by atoms with van der Waals surface area (Å²) in [5.41, 5.74) is 36.7. The lowest BCUT2D eigenvalue weighted by molar-refractivity contribution is -0.0843. The van der Waals surface area contributed by atoms with E-state index in [-0.39, 0.29) is 140 Å². The highest BCUT2D eigenvalue weighted by Gasteiger charge is 2.59. The van der Waals surface area contributed by atoms with Crippen LogP contribution in [0.5, 0.6) is 0 Å². The highest BCUT2D eigenvalue weighted by Crippen LogP contribution is 2.62. The average Bonchev–Trinajstić information content (AvgIpc) is 1.61. The first-order valence-electron chi connectivity index (χ1n) is 44.7. The molecule has 0 radical (unpaired) electrons. The van der Waals surface area contributed by atoms with Crippen LogP contribution in [-0.4, -0.2) is 350 Å². The number of aliphatic hydroxyl groups is 1. The van der Waals surface area contributed by atoms with Gasteiger partial charge in [-0.3, -0.25) is 72.6 Å². The number of imidazole rings is 4. The van der Waals surface area contributed by atoms with Crippen molar-refractivity contribution in [3.8, 4) is 0 Å². The van der Waals surface area contributed by atoms with Crippen LogP contribution in [0.2, 0.25) is 0 Å². The molecule has 6 aliphatic rings. The summed E-state index contributed by atoms with van der Waals surface area (Å²) in [6, 6.07) is 0. The minimum atomic E-state index is -5.90. The summed E-state index contributed by atoms with van der Waals surface area (Å²) in [7, 11) is -4.82. The molecule has 0 aliphatic carbocycles. The zero-order chi connectivity index (χ0) is 104. The molecule has 0 amide bonds. The van der Waals surface area contributed by atoms with E-state index in [0.29, 0.717) is 23.1 Å². The number of hydrogen-bond donors (Lipinski definition) is 12. The summed E-state index contributed by atoms with van der Waals surface area (Å²) in [6.45, 7) is -16.3. The van der Waals surface area contributed by atoms with Crippen molar-refractivity contribution in [2.24, 2.45) is 0 Å². The van der Waals surface area contributed by atoms with E-state index in [1.165, 1.54) is 100 Å². The van der Waals surface area contributed by atoms with Crippen LogP contribution in [0.4, 0.5) is 34.9 Å². The van der Waals surface area contributed by atoms with Gasteiger partial charge in [-0.1, -0.05) is 43.7 Å². The number of anilines is 6. The molecule has 10 aromatic rings. The number of methoxy groups -OCH3 is 5. The van der Waals surface area contributed by atoms with Crippen LogP contribution in [0.25, 0.3) is 44.7 Å². The molecular weight excluding hydrogens is 2100 g/mol. The Bertz CT molecular complexity index is 6580. The number of fused-ring (bicyclic) bond motifs is 4. The summed E-state index contributed by atoms with van der Waals surface area (Å²) in [5.74, 6) is -0.379. The predicted octanol–water partition coefficient (Wildman–Crippen LogP) is 2.00. The van der Waals surface area contributed by atoms with Gasteiger partial charge in [0.25, 0.3) is 0 Å². The standard InChI is InChI=1S/C76H109N26O36P5S3/c1-9-38-39(20-45(128-38)99-32-91-46-62(79)83-28-87-66(46)99)134-141(110,144)126-26-43-52(57(120-17-12-115-6)72(132-43)100-33-92-47-63(80)84-29-88-67(47)100)136-139(106,107)123-24-41-51(56(119-16-11-114-5)71(130-41)98-22-37(3)61(78)96-76(98)105)135-140(108,109)124-25-42-53(58(121-18-13-116-7)73(131-42)101-34-93-48-64(81)85-30-89-68(48)101)137-143(112,146)127-27-44-54(59(122-19-14-117-8)74(133-44)102-35-94-49-65(82)86-31-90-69(49)102)138-142(111,145)125-23-40-50(103)55(118-15-10-113-4)70(129-40)97-21-36(2)60(77)95-75(97)104/h21-22,28-35,38-45,50-59,70-74,103H,9-20,23-27H2,1-8H3,(H,106,107)(H,108,109)(H,110,144)(H,111,145)(H,112,146)(H2,77,95,104)(H2,78,96,105)(H2,79,83,87)(H2,80,84,88)(H2,81,85,89)(H2,82,86,90)/t38-,39?,40-,41-,42-,43-,44-,45-,50?,51?,52?,53?,54?,55+,56+,57+,58+,59+,70-,71-,72-,73-,74-,141?,142?,143?/m1/s1. The van der Waals surface area contributed by atoms with Crippen LogP contribution in [0.1, 0.15) is 68.3 Å². The molecular formula is C76H109N26O36P5S3. The number of nitrogen functional groups attached to an aromatic ring is 6. The summed E-state index contributed by atoms with van der Waals surface area (Å²) < 4.78 is 242. The van der Waals surface area contributed by atoms with E-state index in [0.717, 1.165) is 28.1 Å². The average molecular weight is 2210 g/mol. The molecule has 15 N–H and O–H groups in total. The van der Waals surface area contributed by atoms with Crippen molar-refractivity contribution in [2.45, 2.75) is 175 Å². The number of ether oxygens (including phenoxy) is 16. The maximum atomic E-state index is 15.7. The molecule has 70 heteroatoms. The monoisotopic (exact) mass is 2210 g/mol. The van der Waals surface area contributed by atoms with Crippen LogP contribution in [0.15, 0.2) is 72.6 Å². The Hall–Kier alpha value is -8.20. The predicted molar refractivity (Wildman–Crippen MR) is 510 cm³/mol. The normalized spacial score (nSPS) is 29.2. The number of thiol groups is 3. The quantitative estimate of drug-likeness (QED) is 0.0147. The number of aromatic nitrogens is 20. The molecule has 16 heterocycles. The van der Waals surface area contributed by atoms with Crippen molar-refractivity contribution in [2.75, 3.05) is 169 Å². The number of nitrogens with two attached hydrogens (primary N) is 6. The fourth-order valence-corrected chi connectivity index (χ4v) is 23.4. The van der Waals surface area contributed by atoms with Gasteiger partial charge in [0.1, 0.15) is 157 Å². The minimum Gasteiger partial charge on any atom is -0.387 e. The molecule has 0 spiro atoms. The molecule has 0 aromatic carbocycles. The fraction of sp³-hybridized carbons (Fsp3) is 0.632. The van der Waals surface area contributed by atoms with Gasteiger partial charge in [-0.2, -0.15) is 9.97 Å². The number of phosphoric acid groups is 2. The van der Waals surface area contributed by atoms with E-state index in [1.807, 2.05) is 0 Å². The van der Waals surface area contributed by atoms with Crippen molar-refractivity contribution >= 4 is 152 Å². The van der Waals surface area contributed by atoms with E-state index in [1.54, 1.807) is 18.4 Å². The zero-order valence-electron chi connectivity index (χ0n) is 78.9. The molecule has 28 atom stereocenters. The summed E-state index contributed by atoms with van der Waals surface area (Å²) in [4.78, 5) is 112. The lowest BCUT2D eigenvalue weighted by Gasteiger charge is -2.29. The van der Waals surface area contributed by atoms with E-state index >= 15 is 18.3 Å². The van der Waals surface area contributed by atoms with Crippen LogP contribution >= 0.6 is 72.8 Å². The Balaban J connectivity index is 0.686. The molecule has 6 aliphatic heterocycles. The molecule has 62 nitrogen and oxygen atoms in total. The first-order chi connectivity index (χ1) is 69.8. The Kier molecular flexibility index (Phi) is 36.1. The van der Waals surface area contributed by atoms with Crippen molar-refractivity contribution in [1.82, 2.24) is 97.2 Å². The second kappa shape index (κ2) is 47.8. The zero-order valence-corrected chi connectivity index (χ0v) is 86.0. The molecule has 0 bridgehead atoms. The van der Waals surface area contributed by atoms with Gasteiger partial charge >= 0.3 is 47.4 Å². The van der Waals surface area contributed by atoms with Crippen molar-refractivity contribution in [3.63, 3.8) is 0 Å². The minimum absolute atomic E-state index is 0.0129. The summed E-state index contributed by atoms with van der Waals surface area (Å²) in [5, 5.41) is 11.9. The largest absolute Gasteiger partial charge is 0.472 e. The van der Waals surface area contributed by atoms with Gasteiger partial charge in [0.15, 0.2) is 77.0 Å². The van der Waals surface area contributed by atoms with E-state index in [9.17, 15) is 29.0 Å². The Morgan fingerprint density at radius 1 is 0.356 bits per heavy atom. The lowest BCUT2D eigenvalue weighted by atomic mass is 10.1. The molecule has 6 fully saturated rings. The van der Waals surface area contributed by atoms with E-state index in [2.05, 4.69) is 107 Å². The number of hydrogen-bond acceptors (Lipinski definition) is 54. The molecule has 11 unspecified atom stereocenters. The third kappa shape index (κ3) is 25.1. The van der Waals surface area contributed by atoms with Crippen LogP contribution < -0.4 is 45.8 Å². The number of phosphoric ester groups is 2. The molecule has 802 valence electrons. The van der Waals surface area contributed by atoms with Gasteiger partial charge in [0.2, 0.25) is 0 Å². The van der Waals surface area contributed by atoms with Gasteiger partial charge in [0.05, 0.1) is 137 Å². The molecule has 0 saturated carbocycles. The van der Waals surface area contributed by atoms with Gasteiger partial charge in [-0.15, -0.1) is 0 Å². The highest BCUT2D eigenvalue weighted by atomic mass is 32.7. The number of nitrogens with zero attached hydrogens (tertiary/aromatic N) is 20. The Morgan fingerprint density at radius 2 is 0.644 bits per heavy atom. The second-order valence-electron chi connectivity index (χ2n) is 33.3. The van der Waals surface area contributed by atoms with Gasteiger partial charge in [-0.25, -0.2) is 92.2 Å². The molecule has 146 heavy (non-hydrogen) atoms. The van der Waals surface area contributed by atoms with Gasteiger partial charge in [0, 0.05) is 65.5 Å². The van der Waals surface area contributed by atoms with Gasteiger partial charge < -0.3 is 125 Å². The van der Waals surface area contributed by atoms with Crippen molar-refractivity contribution in [1.29, 1.82) is 0 Å². The van der Waals surface area contributed by atoms with Gasteiger partial charge in [-0.05, 0) is 20.3 Å². The fourth-order valence-electron chi connectivity index (χ4n) is 17.0. The SMILES string of the molecule is CC[C@H]1O[C@@H](n2cnc3c(N)ncnc32)CC1OP(=O)(S)OC[C@H]1O[C@@H](n2cnc3c(N)ncnc32)[C@@H](OCCOC)C1OP(=O)(O)OC[C@H]1O[C@@H](n2cc(C)c(N)nc2=O)[C@@H](OCCOC)C1OP(=O)(O)OC[C@H]1O[C@@H](n2cnc3c(N)ncnc32)[C@@H](OCCOC)C1OP(=O)(S)OC[C@H]1O[C@@H](n2cnc3c(N)ncnc32)[C@@H](OCCOC)C1OP(=O)(S)OC[C@H]1O[C@@H](n2cc(C)c(N)nc2=O)[C@@H](OCCOC)C1O. The summed E-state index contributed by atoms with van der Waals surface area (Å²) in [6.07, 6.45) is -22.5. The topological polar surface area (TPSA) is 786 Å². The third-order valence-corrected chi connectivity index (χ3v) is 30.7. The third-order valence-electron chi connectivity index (χ3n) is 23.9. The number of aliphatic hydroxyl groups excluding tert-OH is 1. The maximum absolute atomic E-state index is 15.7. The smallest absolute Gasteiger partial charge is 0.387 e. The maximum Gasteiger partial charge on any atom is 0.472 e. The molecule has 10 aromatic heterocycles. The molecule has 6 saturated heterocycles. The van der Waals surface area contributed by atoms with Crippen molar-refractivity contribution in [3.05, 3.63) is 95.1 Å². The van der Waals surface area contributed by atoms with E-state index in [4.69, 9.17) is 155 Å². The lowest BCUT2D eigenvalue weighted by Crippen LogP contribution is -2.41. The van der Waals surface area contributed by atoms with Crippen molar-refractivity contribution < 1.29 is 159 Å². The second-order valence-corrected chi connectivity index (χ2v) is 44.7. The highest BCUT2D eigenvalue weighted by molar-refractivity contribution is 8.45. The first-order valence-corrected chi connectivity index (χ1v) is 55.8. The number of rotatable bonds is 52. The van der Waals surface area contributed by atoms with Crippen LogP contribution in [0.3, 0.4) is 0 Å². The Labute approximate surface area is 842 Å². The number of aryl methyl sites for hydroxylation is 2. The summed E-state index contributed by atoms with van der Waals surface area (Å²) >= 11 is 13.3. The van der Waals surface area contributed by atoms with E-state index < -0.39 is 228 Å². The van der Waals surface area contributed by atoms with Crippen LogP contribution in [-0.2, 0) is 144 Å². The molecule has 16 rings (SSSR count).